The Morgan fingerprint density at radius 2 is 1.95 bits per heavy atom. The number of carbonyl (C=O) groups excluding carboxylic acids is 1. The summed E-state index contributed by atoms with van der Waals surface area (Å²) < 4.78 is 0. The van der Waals surface area contributed by atoms with Crippen molar-refractivity contribution >= 4 is 23.5 Å². The molecule has 0 spiro atoms. The van der Waals surface area contributed by atoms with E-state index in [1.165, 1.54) is 0 Å². The molecule has 114 valence electrons. The summed E-state index contributed by atoms with van der Waals surface area (Å²) in [6.07, 6.45) is 1.71. The van der Waals surface area contributed by atoms with Crippen LogP contribution in [-0.2, 0) is 16.1 Å². The third-order valence-corrected chi connectivity index (χ3v) is 4.51. The van der Waals surface area contributed by atoms with Crippen molar-refractivity contribution in [2.45, 2.75) is 32.7 Å². The van der Waals surface area contributed by atoms with Crippen molar-refractivity contribution in [2.24, 2.45) is 11.8 Å². The summed E-state index contributed by atoms with van der Waals surface area (Å²) in [4.78, 5) is 25.3. The van der Waals surface area contributed by atoms with E-state index in [1.54, 1.807) is 4.90 Å². The van der Waals surface area contributed by atoms with Crippen molar-refractivity contribution in [1.82, 2.24) is 4.90 Å². The van der Waals surface area contributed by atoms with E-state index < -0.39 is 5.97 Å². The third kappa shape index (κ3) is 3.76. The molecule has 0 radical (unpaired) electrons. The van der Waals surface area contributed by atoms with E-state index in [0.717, 1.165) is 5.56 Å². The molecule has 2 rings (SSSR count). The van der Waals surface area contributed by atoms with Crippen LogP contribution in [0.15, 0.2) is 24.3 Å². The molecule has 1 aromatic rings. The molecule has 0 unspecified atom stereocenters. The molecule has 0 saturated heterocycles. The molecule has 1 saturated carbocycles. The first-order valence-electron chi connectivity index (χ1n) is 7.28. The molecule has 2 atom stereocenters. The standard InChI is InChI=1S/C16H20ClNO3/c1-2-18(10-13-5-3-4-6-14(13)17)15(19)11-7-8-12(9-11)16(20)21/h3-6,11-12H,2,7-10H2,1H3,(H,20,21)/t11-,12+/m1/s1. The van der Waals surface area contributed by atoms with Crippen LogP contribution in [-0.4, -0.2) is 28.4 Å². The summed E-state index contributed by atoms with van der Waals surface area (Å²) in [5.41, 5.74) is 0.919. The maximum atomic E-state index is 12.6. The summed E-state index contributed by atoms with van der Waals surface area (Å²) in [5, 5.41) is 9.69. The first-order valence-corrected chi connectivity index (χ1v) is 7.65. The number of carboxylic acids is 1. The van der Waals surface area contributed by atoms with Crippen molar-refractivity contribution in [3.05, 3.63) is 34.9 Å². The van der Waals surface area contributed by atoms with Crippen LogP contribution in [0.3, 0.4) is 0 Å². The van der Waals surface area contributed by atoms with Crippen molar-refractivity contribution in [2.75, 3.05) is 6.54 Å². The van der Waals surface area contributed by atoms with E-state index in [4.69, 9.17) is 16.7 Å². The fraction of sp³-hybridized carbons (Fsp3) is 0.500. The average molecular weight is 310 g/mol. The number of benzene rings is 1. The SMILES string of the molecule is CCN(Cc1ccccc1Cl)C(=O)[C@@H]1CC[C@H](C(=O)O)C1. The fourth-order valence-corrected chi connectivity index (χ4v) is 3.06. The second-order valence-corrected chi connectivity index (χ2v) is 5.90. The van der Waals surface area contributed by atoms with E-state index in [1.807, 2.05) is 31.2 Å². The molecule has 0 bridgehead atoms. The van der Waals surface area contributed by atoms with Gasteiger partial charge in [0, 0.05) is 24.0 Å². The van der Waals surface area contributed by atoms with E-state index in [9.17, 15) is 9.59 Å². The number of carbonyl (C=O) groups is 2. The molecule has 0 aromatic heterocycles. The average Bonchev–Trinajstić information content (AvgIpc) is 2.96. The Labute approximate surface area is 129 Å². The van der Waals surface area contributed by atoms with Crippen LogP contribution >= 0.6 is 11.6 Å². The summed E-state index contributed by atoms with van der Waals surface area (Å²) in [5.74, 6) is -1.30. The second kappa shape index (κ2) is 6.94. The smallest absolute Gasteiger partial charge is 0.306 e. The number of carboxylic acid groups (broad SMARTS) is 1. The second-order valence-electron chi connectivity index (χ2n) is 5.49. The van der Waals surface area contributed by atoms with Gasteiger partial charge in [-0.25, -0.2) is 0 Å². The molecule has 21 heavy (non-hydrogen) atoms. The molecule has 1 fully saturated rings. The molecule has 1 amide bonds. The molecule has 1 aliphatic carbocycles. The van der Waals surface area contributed by atoms with Crippen LogP contribution in [0.5, 0.6) is 0 Å². The van der Waals surface area contributed by atoms with E-state index in [2.05, 4.69) is 0 Å². The van der Waals surface area contributed by atoms with Crippen LogP contribution in [0.4, 0.5) is 0 Å². The number of rotatable bonds is 5. The van der Waals surface area contributed by atoms with Gasteiger partial charge in [-0.1, -0.05) is 29.8 Å². The largest absolute Gasteiger partial charge is 0.481 e. The number of halogens is 1. The lowest BCUT2D eigenvalue weighted by molar-refractivity contribution is -0.141. The molecular formula is C16H20ClNO3. The molecular weight excluding hydrogens is 290 g/mol. The molecule has 0 heterocycles. The highest BCUT2D eigenvalue weighted by Crippen LogP contribution is 2.32. The zero-order valence-corrected chi connectivity index (χ0v) is 12.8. The van der Waals surface area contributed by atoms with Gasteiger partial charge in [0.25, 0.3) is 0 Å². The number of amides is 1. The van der Waals surface area contributed by atoms with Gasteiger partial charge in [-0.05, 0) is 37.8 Å². The van der Waals surface area contributed by atoms with Crippen molar-refractivity contribution in [3.63, 3.8) is 0 Å². The lowest BCUT2D eigenvalue weighted by atomic mass is 10.0. The molecule has 5 heteroatoms. The first kappa shape index (κ1) is 15.8. The minimum absolute atomic E-state index is 0.0427. The van der Waals surface area contributed by atoms with Gasteiger partial charge < -0.3 is 10.0 Å². The monoisotopic (exact) mass is 309 g/mol. The van der Waals surface area contributed by atoms with Crippen molar-refractivity contribution < 1.29 is 14.7 Å². The summed E-state index contributed by atoms with van der Waals surface area (Å²) in [6.45, 7) is 3.00. The molecule has 1 N–H and O–H groups in total. The Kier molecular flexibility index (Phi) is 5.23. The zero-order valence-electron chi connectivity index (χ0n) is 12.1. The molecule has 1 aromatic carbocycles. The summed E-state index contributed by atoms with van der Waals surface area (Å²) in [7, 11) is 0. The Morgan fingerprint density at radius 1 is 1.29 bits per heavy atom. The van der Waals surface area contributed by atoms with Gasteiger partial charge in [-0.2, -0.15) is 0 Å². The Bertz CT molecular complexity index is 532. The Hall–Kier alpha value is -1.55. The highest BCUT2D eigenvalue weighted by molar-refractivity contribution is 6.31. The minimum Gasteiger partial charge on any atom is -0.481 e. The molecule has 4 nitrogen and oxygen atoms in total. The van der Waals surface area contributed by atoms with Gasteiger partial charge in [-0.15, -0.1) is 0 Å². The van der Waals surface area contributed by atoms with Crippen LogP contribution in [0.2, 0.25) is 5.02 Å². The Morgan fingerprint density at radius 3 is 2.52 bits per heavy atom. The number of nitrogens with zero attached hydrogens (tertiary/aromatic N) is 1. The van der Waals surface area contributed by atoms with Crippen LogP contribution < -0.4 is 0 Å². The van der Waals surface area contributed by atoms with Gasteiger partial charge in [0.1, 0.15) is 0 Å². The quantitative estimate of drug-likeness (QED) is 0.908. The highest BCUT2D eigenvalue weighted by atomic mass is 35.5. The maximum absolute atomic E-state index is 12.6. The molecule has 0 aliphatic heterocycles. The van der Waals surface area contributed by atoms with Crippen LogP contribution in [0.1, 0.15) is 31.7 Å². The maximum Gasteiger partial charge on any atom is 0.306 e. The third-order valence-electron chi connectivity index (χ3n) is 4.14. The van der Waals surface area contributed by atoms with Crippen LogP contribution in [0, 0.1) is 11.8 Å². The number of aliphatic carboxylic acids is 1. The molecule has 1 aliphatic rings. The van der Waals surface area contributed by atoms with E-state index in [-0.39, 0.29) is 17.7 Å². The van der Waals surface area contributed by atoms with E-state index in [0.29, 0.717) is 37.4 Å². The van der Waals surface area contributed by atoms with Gasteiger partial charge in [0.2, 0.25) is 5.91 Å². The van der Waals surface area contributed by atoms with Crippen molar-refractivity contribution in [1.29, 1.82) is 0 Å². The van der Waals surface area contributed by atoms with E-state index >= 15 is 0 Å². The fourth-order valence-electron chi connectivity index (χ4n) is 2.87. The predicted molar refractivity (Wildman–Crippen MR) is 81.0 cm³/mol. The lowest BCUT2D eigenvalue weighted by Crippen LogP contribution is -2.35. The van der Waals surface area contributed by atoms with Crippen molar-refractivity contribution in [3.8, 4) is 0 Å². The summed E-state index contributed by atoms with van der Waals surface area (Å²) >= 11 is 6.14. The van der Waals surface area contributed by atoms with Gasteiger partial charge in [0.15, 0.2) is 0 Å². The van der Waals surface area contributed by atoms with Crippen LogP contribution in [0.25, 0.3) is 0 Å². The predicted octanol–water partition coefficient (Wildman–Crippen LogP) is 3.19. The number of hydrogen-bond acceptors (Lipinski definition) is 2. The first-order chi connectivity index (χ1) is 10.0. The number of hydrogen-bond donors (Lipinski definition) is 1. The van der Waals surface area contributed by atoms with Gasteiger partial charge >= 0.3 is 5.97 Å². The minimum atomic E-state index is -0.792. The topological polar surface area (TPSA) is 57.6 Å². The lowest BCUT2D eigenvalue weighted by Gasteiger charge is -2.24. The Balaban J connectivity index is 2.03. The van der Waals surface area contributed by atoms with Gasteiger partial charge in [-0.3, -0.25) is 9.59 Å². The highest BCUT2D eigenvalue weighted by Gasteiger charge is 2.35. The van der Waals surface area contributed by atoms with Gasteiger partial charge in [0.05, 0.1) is 5.92 Å². The summed E-state index contributed by atoms with van der Waals surface area (Å²) in [6, 6.07) is 7.48. The zero-order chi connectivity index (χ0) is 15.4. The normalized spacial score (nSPS) is 21.2.